The molecule has 0 saturated heterocycles. The average molecular weight is 246 g/mol. The molecule has 1 fully saturated rings. The molecule has 1 nitrogen and oxygen atoms in total. The number of benzene rings is 1. The zero-order valence-electron chi connectivity index (χ0n) is 11.9. The van der Waals surface area contributed by atoms with Gasteiger partial charge in [-0.25, -0.2) is 0 Å². The van der Waals surface area contributed by atoms with Crippen molar-refractivity contribution in [2.45, 2.75) is 70.3 Å². The van der Waals surface area contributed by atoms with Crippen LogP contribution in [0.1, 0.15) is 75.8 Å². The van der Waals surface area contributed by atoms with Crippen LogP contribution < -0.4 is 0 Å². The molecular weight excluding hydrogens is 220 g/mol. The lowest BCUT2D eigenvalue weighted by Gasteiger charge is -2.37. The smallest absolute Gasteiger partial charge is 0.0713 e. The summed E-state index contributed by atoms with van der Waals surface area (Å²) >= 11 is 0. The second-order valence-corrected chi connectivity index (χ2v) is 6.21. The van der Waals surface area contributed by atoms with Crippen molar-refractivity contribution >= 4 is 0 Å². The van der Waals surface area contributed by atoms with Crippen molar-refractivity contribution in [3.63, 3.8) is 0 Å². The van der Waals surface area contributed by atoms with Crippen LogP contribution in [-0.2, 0) is 0 Å². The molecule has 0 spiro atoms. The van der Waals surface area contributed by atoms with Gasteiger partial charge in [-0.15, -0.1) is 0 Å². The summed E-state index contributed by atoms with van der Waals surface area (Å²) in [4.78, 5) is 0. The first-order chi connectivity index (χ1) is 8.53. The van der Waals surface area contributed by atoms with Crippen molar-refractivity contribution in [2.24, 2.45) is 0 Å². The zero-order valence-corrected chi connectivity index (χ0v) is 11.9. The molecular formula is C17H26O. The summed E-state index contributed by atoms with van der Waals surface area (Å²) in [6.45, 7) is 6.61. The third-order valence-electron chi connectivity index (χ3n) is 4.63. The van der Waals surface area contributed by atoms with Crippen LogP contribution in [0.15, 0.2) is 24.3 Å². The van der Waals surface area contributed by atoms with Crippen LogP contribution in [0.2, 0.25) is 0 Å². The summed E-state index contributed by atoms with van der Waals surface area (Å²) in [5, 5.41) is 10.8. The SMILES string of the molecule is CC(C)c1ccc(C(C)C2(O)CCCCC2)cc1. The van der Waals surface area contributed by atoms with Gasteiger partial charge >= 0.3 is 0 Å². The van der Waals surface area contributed by atoms with E-state index >= 15 is 0 Å². The molecule has 0 bridgehead atoms. The fourth-order valence-electron chi connectivity index (χ4n) is 3.08. The lowest BCUT2D eigenvalue weighted by molar-refractivity contribution is -0.0168. The molecule has 0 aliphatic heterocycles. The third kappa shape index (κ3) is 2.77. The van der Waals surface area contributed by atoms with E-state index in [1.54, 1.807) is 0 Å². The van der Waals surface area contributed by atoms with Gasteiger partial charge in [0.15, 0.2) is 0 Å². The monoisotopic (exact) mass is 246 g/mol. The first-order valence-corrected chi connectivity index (χ1v) is 7.35. The topological polar surface area (TPSA) is 20.2 Å². The van der Waals surface area contributed by atoms with E-state index in [9.17, 15) is 5.11 Å². The molecule has 100 valence electrons. The molecule has 0 aromatic heterocycles. The van der Waals surface area contributed by atoms with Gasteiger partial charge in [-0.3, -0.25) is 0 Å². The maximum atomic E-state index is 10.8. The highest BCUT2D eigenvalue weighted by Gasteiger charge is 2.35. The lowest BCUT2D eigenvalue weighted by atomic mass is 9.73. The van der Waals surface area contributed by atoms with Gasteiger partial charge in [0.25, 0.3) is 0 Å². The van der Waals surface area contributed by atoms with Crippen LogP contribution in [0.4, 0.5) is 0 Å². The van der Waals surface area contributed by atoms with Crippen molar-refractivity contribution in [1.82, 2.24) is 0 Å². The summed E-state index contributed by atoms with van der Waals surface area (Å²) < 4.78 is 0. The molecule has 1 aromatic rings. The Labute approximate surface area is 111 Å². The molecule has 0 heterocycles. The van der Waals surface area contributed by atoms with Crippen LogP contribution in [0.25, 0.3) is 0 Å². The van der Waals surface area contributed by atoms with E-state index in [0.717, 1.165) is 12.8 Å². The molecule has 0 radical (unpaired) electrons. The first-order valence-electron chi connectivity index (χ1n) is 7.35. The Balaban J connectivity index is 2.15. The van der Waals surface area contributed by atoms with Gasteiger partial charge in [0, 0.05) is 5.92 Å². The predicted octanol–water partition coefficient (Wildman–Crippen LogP) is 4.61. The second-order valence-electron chi connectivity index (χ2n) is 6.21. The van der Waals surface area contributed by atoms with Gasteiger partial charge in [0.05, 0.1) is 5.60 Å². The highest BCUT2D eigenvalue weighted by atomic mass is 16.3. The second kappa shape index (κ2) is 5.44. The van der Waals surface area contributed by atoms with Gasteiger partial charge in [0.2, 0.25) is 0 Å². The fourth-order valence-corrected chi connectivity index (χ4v) is 3.08. The van der Waals surface area contributed by atoms with E-state index in [2.05, 4.69) is 45.0 Å². The highest BCUT2D eigenvalue weighted by molar-refractivity contribution is 5.28. The molecule has 2 rings (SSSR count). The number of hydrogen-bond donors (Lipinski definition) is 1. The largest absolute Gasteiger partial charge is 0.389 e. The van der Waals surface area contributed by atoms with E-state index in [1.807, 2.05) is 0 Å². The molecule has 1 unspecified atom stereocenters. The summed E-state index contributed by atoms with van der Waals surface area (Å²) in [6.07, 6.45) is 5.54. The van der Waals surface area contributed by atoms with Crippen molar-refractivity contribution < 1.29 is 5.11 Å². The van der Waals surface area contributed by atoms with E-state index in [1.165, 1.54) is 30.4 Å². The number of aliphatic hydroxyl groups is 1. The molecule has 1 aliphatic rings. The van der Waals surface area contributed by atoms with E-state index < -0.39 is 5.60 Å². The van der Waals surface area contributed by atoms with Crippen LogP contribution in [0, 0.1) is 0 Å². The van der Waals surface area contributed by atoms with Gasteiger partial charge in [-0.1, -0.05) is 64.3 Å². The summed E-state index contributed by atoms with van der Waals surface area (Å²) in [5.41, 5.74) is 2.18. The van der Waals surface area contributed by atoms with Gasteiger partial charge in [-0.05, 0) is 29.9 Å². The van der Waals surface area contributed by atoms with Crippen molar-refractivity contribution in [3.8, 4) is 0 Å². The maximum Gasteiger partial charge on any atom is 0.0713 e. The minimum absolute atomic E-state index is 0.249. The van der Waals surface area contributed by atoms with E-state index in [-0.39, 0.29) is 5.92 Å². The molecule has 1 atom stereocenters. The van der Waals surface area contributed by atoms with E-state index in [4.69, 9.17) is 0 Å². The molecule has 1 N–H and O–H groups in total. The summed E-state index contributed by atoms with van der Waals surface area (Å²) in [7, 11) is 0. The summed E-state index contributed by atoms with van der Waals surface area (Å²) in [5.74, 6) is 0.825. The Bertz CT molecular complexity index is 371. The minimum atomic E-state index is -0.475. The number of hydrogen-bond acceptors (Lipinski definition) is 1. The molecule has 0 amide bonds. The van der Waals surface area contributed by atoms with Crippen LogP contribution in [-0.4, -0.2) is 10.7 Å². The van der Waals surface area contributed by atoms with Crippen LogP contribution >= 0.6 is 0 Å². The summed E-state index contributed by atoms with van der Waals surface area (Å²) in [6, 6.07) is 8.82. The molecule has 1 heteroatoms. The fraction of sp³-hybridized carbons (Fsp3) is 0.647. The van der Waals surface area contributed by atoms with Crippen molar-refractivity contribution in [3.05, 3.63) is 35.4 Å². The van der Waals surface area contributed by atoms with Crippen molar-refractivity contribution in [2.75, 3.05) is 0 Å². The quantitative estimate of drug-likeness (QED) is 0.825. The zero-order chi connectivity index (χ0) is 13.2. The van der Waals surface area contributed by atoms with E-state index in [0.29, 0.717) is 5.92 Å². The Hall–Kier alpha value is -0.820. The van der Waals surface area contributed by atoms with Gasteiger partial charge in [0.1, 0.15) is 0 Å². The Morgan fingerprint density at radius 1 is 0.889 bits per heavy atom. The minimum Gasteiger partial charge on any atom is -0.389 e. The molecule has 1 aromatic carbocycles. The highest BCUT2D eigenvalue weighted by Crippen LogP contribution is 2.39. The van der Waals surface area contributed by atoms with Crippen molar-refractivity contribution in [1.29, 1.82) is 0 Å². The molecule has 18 heavy (non-hydrogen) atoms. The van der Waals surface area contributed by atoms with Gasteiger partial charge in [-0.2, -0.15) is 0 Å². The number of rotatable bonds is 3. The average Bonchev–Trinajstić information content (AvgIpc) is 2.39. The Morgan fingerprint density at radius 3 is 1.89 bits per heavy atom. The van der Waals surface area contributed by atoms with Crippen LogP contribution in [0.5, 0.6) is 0 Å². The van der Waals surface area contributed by atoms with Crippen LogP contribution in [0.3, 0.4) is 0 Å². The third-order valence-corrected chi connectivity index (χ3v) is 4.63. The molecule has 1 aliphatic carbocycles. The maximum absolute atomic E-state index is 10.8. The Morgan fingerprint density at radius 2 is 1.39 bits per heavy atom. The van der Waals surface area contributed by atoms with Gasteiger partial charge < -0.3 is 5.11 Å². The lowest BCUT2D eigenvalue weighted by Crippen LogP contribution is -2.37. The standard InChI is InChI=1S/C17H26O/c1-13(2)15-7-9-16(10-8-15)14(3)17(18)11-5-4-6-12-17/h7-10,13-14,18H,4-6,11-12H2,1-3H3. The predicted molar refractivity (Wildman–Crippen MR) is 77.0 cm³/mol. The Kier molecular flexibility index (Phi) is 4.11. The first kappa shape index (κ1) is 13.6. The normalized spacial score (nSPS) is 20.9. The molecule has 1 saturated carbocycles.